The van der Waals surface area contributed by atoms with E-state index in [4.69, 9.17) is 34.8 Å². The molecule has 0 aliphatic rings. The third-order valence-corrected chi connectivity index (χ3v) is 5.27. The standard InChI is InChI=1S/C12H13Br2Cl3O/c1-7-3-9(4-8(2)10(7)14)11(18,6-13)5-12(15,16)17/h3-4,18H,5-6H2,1-2H3. The van der Waals surface area contributed by atoms with Gasteiger partial charge in [-0.25, -0.2) is 0 Å². The molecule has 6 heteroatoms. The van der Waals surface area contributed by atoms with Crippen LogP contribution < -0.4 is 0 Å². The minimum atomic E-state index is -1.50. The zero-order chi connectivity index (χ0) is 14.1. The Morgan fingerprint density at radius 1 is 1.17 bits per heavy atom. The Bertz CT molecular complexity index is 422. The molecule has 0 bridgehead atoms. The second-order valence-electron chi connectivity index (χ2n) is 4.38. The van der Waals surface area contributed by atoms with Crippen LogP contribution in [-0.4, -0.2) is 14.2 Å². The molecule has 1 atom stereocenters. The summed E-state index contributed by atoms with van der Waals surface area (Å²) in [5.41, 5.74) is 1.60. The van der Waals surface area contributed by atoms with Crippen molar-refractivity contribution in [3.05, 3.63) is 33.3 Å². The van der Waals surface area contributed by atoms with Crippen molar-refractivity contribution in [2.75, 3.05) is 5.33 Å². The van der Waals surface area contributed by atoms with Crippen molar-refractivity contribution in [1.29, 1.82) is 0 Å². The topological polar surface area (TPSA) is 20.2 Å². The number of hydrogen-bond acceptors (Lipinski definition) is 1. The average Bonchev–Trinajstić information content (AvgIpc) is 2.22. The smallest absolute Gasteiger partial charge is 0.193 e. The molecule has 0 spiro atoms. The predicted octanol–water partition coefficient (Wildman–Crippen LogP) is 5.41. The Morgan fingerprint density at radius 3 is 1.94 bits per heavy atom. The summed E-state index contributed by atoms with van der Waals surface area (Å²) in [7, 11) is 0. The number of aliphatic hydroxyl groups is 1. The summed E-state index contributed by atoms with van der Waals surface area (Å²) in [4.78, 5) is 0. The number of halogens is 5. The summed E-state index contributed by atoms with van der Waals surface area (Å²) in [5.74, 6) is 0. The molecule has 0 amide bonds. The van der Waals surface area contributed by atoms with Gasteiger partial charge in [0.05, 0.1) is 0 Å². The molecular formula is C12H13Br2Cl3O. The maximum absolute atomic E-state index is 10.7. The van der Waals surface area contributed by atoms with Gasteiger partial charge in [-0.3, -0.25) is 0 Å². The molecule has 0 aliphatic heterocycles. The van der Waals surface area contributed by atoms with E-state index in [0.29, 0.717) is 5.33 Å². The minimum absolute atomic E-state index is 0.0242. The van der Waals surface area contributed by atoms with Crippen LogP contribution in [0.25, 0.3) is 0 Å². The summed E-state index contributed by atoms with van der Waals surface area (Å²) in [6.45, 7) is 3.93. The molecule has 1 aromatic rings. The highest BCUT2D eigenvalue weighted by molar-refractivity contribution is 9.10. The van der Waals surface area contributed by atoms with E-state index >= 15 is 0 Å². The van der Waals surface area contributed by atoms with E-state index in [0.717, 1.165) is 21.2 Å². The molecule has 0 heterocycles. The lowest BCUT2D eigenvalue weighted by atomic mass is 9.90. The summed E-state index contributed by atoms with van der Waals surface area (Å²) in [6.07, 6.45) is 0.0242. The monoisotopic (exact) mass is 436 g/mol. The van der Waals surface area contributed by atoms with Gasteiger partial charge in [0.1, 0.15) is 5.60 Å². The van der Waals surface area contributed by atoms with Gasteiger partial charge < -0.3 is 5.11 Å². The van der Waals surface area contributed by atoms with Crippen LogP contribution in [0.2, 0.25) is 0 Å². The largest absolute Gasteiger partial charge is 0.384 e. The second kappa shape index (κ2) is 6.19. The summed E-state index contributed by atoms with van der Waals surface area (Å²) >= 11 is 24.2. The molecule has 0 saturated heterocycles. The fourth-order valence-electron chi connectivity index (χ4n) is 1.77. The van der Waals surface area contributed by atoms with E-state index in [1.54, 1.807) is 0 Å². The fraction of sp³-hybridized carbons (Fsp3) is 0.500. The molecule has 102 valence electrons. The summed E-state index contributed by atoms with van der Waals surface area (Å²) < 4.78 is -0.478. The van der Waals surface area contributed by atoms with Crippen LogP contribution >= 0.6 is 66.7 Å². The minimum Gasteiger partial charge on any atom is -0.384 e. The third-order valence-electron chi connectivity index (χ3n) is 2.69. The van der Waals surface area contributed by atoms with E-state index in [1.165, 1.54) is 0 Å². The third kappa shape index (κ3) is 4.26. The van der Waals surface area contributed by atoms with Crippen LogP contribution in [0.4, 0.5) is 0 Å². The van der Waals surface area contributed by atoms with E-state index in [-0.39, 0.29) is 6.42 Å². The maximum Gasteiger partial charge on any atom is 0.193 e. The van der Waals surface area contributed by atoms with Gasteiger partial charge in [0.15, 0.2) is 3.79 Å². The molecule has 1 rings (SSSR count). The number of alkyl halides is 4. The molecule has 1 nitrogen and oxygen atoms in total. The zero-order valence-electron chi connectivity index (χ0n) is 9.91. The molecule has 0 fully saturated rings. The maximum atomic E-state index is 10.7. The number of benzene rings is 1. The van der Waals surface area contributed by atoms with E-state index in [9.17, 15) is 5.11 Å². The van der Waals surface area contributed by atoms with Crippen LogP contribution in [0.15, 0.2) is 16.6 Å². The molecule has 1 aromatic carbocycles. The van der Waals surface area contributed by atoms with Crippen molar-refractivity contribution >= 4 is 66.7 Å². The summed E-state index contributed by atoms with van der Waals surface area (Å²) in [6, 6.07) is 3.80. The molecular weight excluding hydrogens is 426 g/mol. The molecule has 18 heavy (non-hydrogen) atoms. The number of aryl methyl sites for hydroxylation is 2. The number of hydrogen-bond donors (Lipinski definition) is 1. The Hall–Kier alpha value is 1.01. The Kier molecular flexibility index (Phi) is 5.87. The quantitative estimate of drug-likeness (QED) is 0.625. The van der Waals surface area contributed by atoms with Gasteiger partial charge >= 0.3 is 0 Å². The molecule has 0 aromatic heterocycles. The van der Waals surface area contributed by atoms with Crippen molar-refractivity contribution in [2.24, 2.45) is 0 Å². The van der Waals surface area contributed by atoms with Crippen molar-refractivity contribution in [1.82, 2.24) is 0 Å². The molecule has 0 saturated carbocycles. The summed E-state index contributed by atoms with van der Waals surface area (Å²) in [5, 5.41) is 11.0. The van der Waals surface area contributed by atoms with Crippen molar-refractivity contribution in [3.63, 3.8) is 0 Å². The molecule has 1 unspecified atom stereocenters. The first kappa shape index (κ1) is 17.1. The lowest BCUT2D eigenvalue weighted by molar-refractivity contribution is 0.0555. The van der Waals surface area contributed by atoms with Crippen molar-refractivity contribution < 1.29 is 5.11 Å². The normalized spacial score (nSPS) is 15.6. The molecule has 0 radical (unpaired) electrons. The highest BCUT2D eigenvalue weighted by atomic mass is 79.9. The van der Waals surface area contributed by atoms with Gasteiger partial charge in [0.25, 0.3) is 0 Å². The second-order valence-corrected chi connectivity index (χ2v) is 8.25. The van der Waals surface area contributed by atoms with Gasteiger partial charge in [0, 0.05) is 16.2 Å². The first-order chi connectivity index (χ1) is 8.09. The number of rotatable bonds is 3. The zero-order valence-corrected chi connectivity index (χ0v) is 15.3. The Morgan fingerprint density at radius 2 is 1.61 bits per heavy atom. The fourth-order valence-corrected chi connectivity index (χ4v) is 3.19. The van der Waals surface area contributed by atoms with E-state index < -0.39 is 9.39 Å². The lowest BCUT2D eigenvalue weighted by Crippen LogP contribution is -2.33. The highest BCUT2D eigenvalue weighted by Crippen LogP contribution is 2.41. The van der Waals surface area contributed by atoms with Crippen molar-refractivity contribution in [3.8, 4) is 0 Å². The van der Waals surface area contributed by atoms with Crippen LogP contribution in [-0.2, 0) is 5.60 Å². The highest BCUT2D eigenvalue weighted by Gasteiger charge is 2.37. The predicted molar refractivity (Wildman–Crippen MR) is 86.2 cm³/mol. The van der Waals surface area contributed by atoms with Crippen LogP contribution in [0.5, 0.6) is 0 Å². The first-order valence-corrected chi connectivity index (χ1v) is 8.26. The van der Waals surface area contributed by atoms with Crippen LogP contribution in [0.3, 0.4) is 0 Å². The Labute approximate surface area is 139 Å². The molecule has 1 N–H and O–H groups in total. The van der Waals surface area contributed by atoms with Gasteiger partial charge in [0.2, 0.25) is 0 Å². The average molecular weight is 439 g/mol. The van der Waals surface area contributed by atoms with Crippen LogP contribution in [0, 0.1) is 13.8 Å². The van der Waals surface area contributed by atoms with Gasteiger partial charge in [-0.2, -0.15) is 0 Å². The van der Waals surface area contributed by atoms with E-state index in [1.807, 2.05) is 26.0 Å². The van der Waals surface area contributed by atoms with Gasteiger partial charge in [-0.15, -0.1) is 0 Å². The first-order valence-electron chi connectivity index (χ1n) is 5.21. The Balaban J connectivity index is 3.24. The van der Waals surface area contributed by atoms with Gasteiger partial charge in [-0.05, 0) is 30.5 Å². The lowest BCUT2D eigenvalue weighted by Gasteiger charge is -2.30. The SMILES string of the molecule is Cc1cc(C(O)(CBr)CC(Cl)(Cl)Cl)cc(C)c1Br. The van der Waals surface area contributed by atoms with E-state index in [2.05, 4.69) is 31.9 Å². The van der Waals surface area contributed by atoms with Crippen LogP contribution in [0.1, 0.15) is 23.1 Å². The van der Waals surface area contributed by atoms with Gasteiger partial charge in [-0.1, -0.05) is 78.8 Å². The molecule has 0 aliphatic carbocycles. The van der Waals surface area contributed by atoms with Crippen molar-refractivity contribution in [2.45, 2.75) is 29.7 Å².